The molecule has 2 N–H and O–H groups in total. The fourth-order valence-corrected chi connectivity index (χ4v) is 4.79. The number of carbonyl (C=O) groups is 2. The van der Waals surface area contributed by atoms with E-state index in [0.717, 1.165) is 51.4 Å². The van der Waals surface area contributed by atoms with Crippen LogP contribution in [0, 0.1) is 0 Å². The van der Waals surface area contributed by atoms with Crippen molar-refractivity contribution in [2.24, 2.45) is 0 Å². The number of nitrogens with zero attached hydrogens (tertiary/aromatic N) is 1. The number of likely N-dealkylation sites (N-methyl/N-ethyl adjacent to an activating group) is 1. The van der Waals surface area contributed by atoms with Crippen LogP contribution in [0.5, 0.6) is 0 Å². The van der Waals surface area contributed by atoms with Gasteiger partial charge in [-0.15, -0.1) is 0 Å². The highest BCUT2D eigenvalue weighted by Crippen LogP contribution is 2.21. The minimum Gasteiger partial charge on any atom is -0.466 e. The fraction of sp³-hybridized carbons (Fsp3) is 0.913. The lowest BCUT2D eigenvalue weighted by atomic mass is 10.0. The molecule has 0 aromatic rings. The van der Waals surface area contributed by atoms with Crippen LogP contribution in [0.4, 0.5) is 0 Å². The van der Waals surface area contributed by atoms with Crippen LogP contribution >= 0.6 is 0 Å². The molecule has 10 heteroatoms. The first-order valence-electron chi connectivity index (χ1n) is 12.3. The molecule has 0 aliphatic carbocycles. The molecule has 194 valence electrons. The molecule has 1 unspecified atom stereocenters. The van der Waals surface area contributed by atoms with Crippen molar-refractivity contribution in [3.05, 3.63) is 0 Å². The Kier molecular flexibility index (Phi) is 14.1. The number of aliphatic hydroxyl groups excluding tert-OH is 1. The Morgan fingerprint density at radius 2 is 1.55 bits per heavy atom. The maximum absolute atomic E-state index is 12.1. The number of piperidine rings is 1. The Labute approximate surface area is 199 Å². The van der Waals surface area contributed by atoms with Gasteiger partial charge in [0.1, 0.15) is 24.5 Å². The molecule has 0 amide bonds. The van der Waals surface area contributed by atoms with E-state index in [1.807, 2.05) is 7.05 Å². The number of hydrogen-bond acceptors (Lipinski definition) is 7. The van der Waals surface area contributed by atoms with Crippen molar-refractivity contribution in [3.8, 4) is 0 Å². The summed E-state index contributed by atoms with van der Waals surface area (Å²) in [5.74, 6) is -0.963. The average Bonchev–Trinajstić information content (AvgIpc) is 2.70. The molecule has 33 heavy (non-hydrogen) atoms. The molecule has 1 heterocycles. The van der Waals surface area contributed by atoms with E-state index in [9.17, 15) is 23.1 Å². The number of carbonyl (C=O) groups excluding carboxylic acids is 2. The van der Waals surface area contributed by atoms with Gasteiger partial charge in [0, 0.05) is 25.7 Å². The number of unbranched alkanes of at least 4 members (excludes halogenated alkanes) is 6. The lowest BCUT2D eigenvalue weighted by molar-refractivity contribution is -0.917. The fourth-order valence-electron chi connectivity index (χ4n) is 4.20. The number of aliphatic hydroxyl groups is 1. The summed E-state index contributed by atoms with van der Waals surface area (Å²) in [7, 11) is -2.27. The van der Waals surface area contributed by atoms with Crippen molar-refractivity contribution < 1.29 is 41.6 Å². The van der Waals surface area contributed by atoms with Crippen LogP contribution in [0.1, 0.15) is 84.0 Å². The lowest BCUT2D eigenvalue weighted by Crippen LogP contribution is -2.55. The Morgan fingerprint density at radius 1 is 0.970 bits per heavy atom. The van der Waals surface area contributed by atoms with Gasteiger partial charge in [-0.3, -0.25) is 14.1 Å². The van der Waals surface area contributed by atoms with Crippen LogP contribution in [-0.2, 0) is 29.2 Å². The largest absolute Gasteiger partial charge is 0.466 e. The third-order valence-electron chi connectivity index (χ3n) is 6.11. The number of esters is 2. The van der Waals surface area contributed by atoms with Gasteiger partial charge >= 0.3 is 11.9 Å². The minimum atomic E-state index is -4.20. The van der Waals surface area contributed by atoms with E-state index >= 15 is 0 Å². The Bertz CT molecular complexity index is 674. The highest BCUT2D eigenvalue weighted by Gasteiger charge is 2.34. The minimum absolute atomic E-state index is 0.109. The molecular weight excluding hydrogens is 450 g/mol. The Balaban J connectivity index is 2.06. The number of rotatable bonds is 17. The quantitative estimate of drug-likeness (QED) is 0.137. The van der Waals surface area contributed by atoms with Crippen molar-refractivity contribution in [3.63, 3.8) is 0 Å². The normalized spacial score (nSPS) is 22.0. The Morgan fingerprint density at radius 3 is 2.18 bits per heavy atom. The maximum Gasteiger partial charge on any atom is 0.306 e. The predicted octanol–water partition coefficient (Wildman–Crippen LogP) is 2.85. The molecule has 1 rings (SSSR count). The molecular formula is C23H44NO8S+. The van der Waals surface area contributed by atoms with Gasteiger partial charge in [-0.25, -0.2) is 0 Å². The zero-order valence-electron chi connectivity index (χ0n) is 20.4. The van der Waals surface area contributed by atoms with Crippen molar-refractivity contribution in [2.45, 2.75) is 96.2 Å². The summed E-state index contributed by atoms with van der Waals surface area (Å²) in [6.45, 7) is 4.15. The van der Waals surface area contributed by atoms with Crippen molar-refractivity contribution in [2.75, 3.05) is 39.0 Å². The second-order valence-electron chi connectivity index (χ2n) is 9.54. The number of hydrogen-bond donors (Lipinski definition) is 2. The summed E-state index contributed by atoms with van der Waals surface area (Å²) in [5.41, 5.74) is 0. The molecule has 1 fully saturated rings. The first kappa shape index (κ1) is 29.8. The first-order chi connectivity index (χ1) is 15.5. The molecule has 1 atom stereocenters. The highest BCUT2D eigenvalue weighted by molar-refractivity contribution is 7.85. The smallest absolute Gasteiger partial charge is 0.306 e. The molecule has 0 bridgehead atoms. The molecule has 9 nitrogen and oxygen atoms in total. The van der Waals surface area contributed by atoms with E-state index in [1.54, 1.807) is 0 Å². The van der Waals surface area contributed by atoms with E-state index in [2.05, 4.69) is 6.92 Å². The van der Waals surface area contributed by atoms with Crippen LogP contribution in [0.2, 0.25) is 0 Å². The summed E-state index contributed by atoms with van der Waals surface area (Å²) in [5, 5.41) is 9.90. The van der Waals surface area contributed by atoms with Gasteiger partial charge in [-0.05, 0) is 19.3 Å². The molecule has 1 aliphatic rings. The average molecular weight is 495 g/mol. The lowest BCUT2D eigenvalue weighted by Gasteiger charge is -2.41. The first-order valence-corrected chi connectivity index (χ1v) is 14.0. The second-order valence-corrected chi connectivity index (χ2v) is 11.0. The van der Waals surface area contributed by atoms with Crippen molar-refractivity contribution in [1.29, 1.82) is 0 Å². The van der Waals surface area contributed by atoms with Crippen LogP contribution in [-0.4, -0.2) is 85.7 Å². The summed E-state index contributed by atoms with van der Waals surface area (Å²) in [6.07, 6.45) is 8.52. The van der Waals surface area contributed by atoms with E-state index in [1.165, 1.54) is 0 Å². The van der Waals surface area contributed by atoms with E-state index < -0.39 is 22.0 Å². The van der Waals surface area contributed by atoms with E-state index in [-0.39, 0.29) is 24.6 Å². The third kappa shape index (κ3) is 15.3. The molecule has 1 saturated heterocycles. The monoisotopic (exact) mass is 494 g/mol. The van der Waals surface area contributed by atoms with Crippen LogP contribution in [0.15, 0.2) is 0 Å². The second kappa shape index (κ2) is 15.6. The molecule has 0 aromatic carbocycles. The van der Waals surface area contributed by atoms with Crippen LogP contribution < -0.4 is 0 Å². The van der Waals surface area contributed by atoms with Gasteiger partial charge < -0.3 is 19.1 Å². The van der Waals surface area contributed by atoms with Gasteiger partial charge in [0.2, 0.25) is 0 Å². The summed E-state index contributed by atoms with van der Waals surface area (Å²) >= 11 is 0. The Hall–Kier alpha value is -1.23. The number of ether oxygens (including phenoxy) is 2. The zero-order valence-corrected chi connectivity index (χ0v) is 21.2. The SMILES string of the molecule is CCCCCC(=O)OCCCCCCCC(=O)OC1CC[N+](C)(CC(O)CS(=O)(=O)O)CC1. The predicted molar refractivity (Wildman–Crippen MR) is 125 cm³/mol. The summed E-state index contributed by atoms with van der Waals surface area (Å²) in [6, 6.07) is 0. The molecule has 0 spiro atoms. The molecule has 0 radical (unpaired) electrons. The van der Waals surface area contributed by atoms with E-state index in [0.29, 0.717) is 49.9 Å². The number of likely N-dealkylation sites (tertiary alicyclic amines) is 1. The van der Waals surface area contributed by atoms with E-state index in [4.69, 9.17) is 14.0 Å². The standard InChI is InChI=1S/C23H43NO8S/c1-3-4-8-11-22(26)31-17-10-7-5-6-9-12-23(27)32-21-13-15-24(2,16-14-21)18-20(25)19-33(28,29)30/h20-21,25H,3-19H2,1-2H3/p+1. The molecule has 0 saturated carbocycles. The van der Waals surface area contributed by atoms with Gasteiger partial charge in [0.25, 0.3) is 10.1 Å². The van der Waals surface area contributed by atoms with Gasteiger partial charge in [-0.1, -0.05) is 39.0 Å². The van der Waals surface area contributed by atoms with Gasteiger partial charge in [-0.2, -0.15) is 8.42 Å². The maximum atomic E-state index is 12.1. The van der Waals surface area contributed by atoms with Crippen LogP contribution in [0.3, 0.4) is 0 Å². The van der Waals surface area contributed by atoms with Crippen molar-refractivity contribution in [1.82, 2.24) is 0 Å². The summed E-state index contributed by atoms with van der Waals surface area (Å²) < 4.78 is 42.0. The highest BCUT2D eigenvalue weighted by atomic mass is 32.2. The zero-order chi connectivity index (χ0) is 24.7. The third-order valence-corrected chi connectivity index (χ3v) is 6.91. The van der Waals surface area contributed by atoms with Crippen molar-refractivity contribution >= 4 is 22.1 Å². The summed E-state index contributed by atoms with van der Waals surface area (Å²) in [4.78, 5) is 23.6. The van der Waals surface area contributed by atoms with Crippen LogP contribution in [0.25, 0.3) is 0 Å². The molecule has 1 aliphatic heterocycles. The topological polar surface area (TPSA) is 127 Å². The number of quaternary nitrogens is 1. The molecule has 0 aromatic heterocycles. The van der Waals surface area contributed by atoms with Gasteiger partial charge in [0.15, 0.2) is 0 Å². The van der Waals surface area contributed by atoms with Gasteiger partial charge in [0.05, 0.1) is 26.7 Å².